The lowest BCUT2D eigenvalue weighted by Gasteiger charge is -2.05. The van der Waals surface area contributed by atoms with Crippen molar-refractivity contribution < 1.29 is 0 Å². The van der Waals surface area contributed by atoms with Crippen molar-refractivity contribution in [3.63, 3.8) is 0 Å². The van der Waals surface area contributed by atoms with Gasteiger partial charge in [0.2, 0.25) is 0 Å². The number of hydrogen-bond acceptors (Lipinski definition) is 4. The molecule has 0 bridgehead atoms. The summed E-state index contributed by atoms with van der Waals surface area (Å²) in [6.07, 6.45) is 5.37. The van der Waals surface area contributed by atoms with Crippen LogP contribution < -0.4 is 5.73 Å². The van der Waals surface area contributed by atoms with E-state index in [1.54, 1.807) is 12.4 Å². The van der Waals surface area contributed by atoms with Crippen LogP contribution in [0.5, 0.6) is 0 Å². The number of hydrogen-bond donors (Lipinski definition) is 1. The zero-order chi connectivity index (χ0) is 13.9. The molecule has 0 aliphatic heterocycles. The van der Waals surface area contributed by atoms with E-state index < -0.39 is 0 Å². The van der Waals surface area contributed by atoms with E-state index in [0.717, 1.165) is 22.2 Å². The van der Waals surface area contributed by atoms with Crippen LogP contribution in [0.4, 0.5) is 0 Å². The average molecular weight is 263 g/mol. The molecule has 0 aliphatic rings. The monoisotopic (exact) mass is 263 g/mol. The van der Waals surface area contributed by atoms with Gasteiger partial charge in [0.15, 0.2) is 0 Å². The lowest BCUT2D eigenvalue weighted by Crippen LogP contribution is -2.02. The average Bonchev–Trinajstić information content (AvgIpc) is 2.86. The van der Waals surface area contributed by atoms with E-state index in [0.29, 0.717) is 18.8 Å². The SMILES string of the molecule is N#Cc1ncccc1Cn1cc(CN)c2cccnc21. The van der Waals surface area contributed by atoms with Gasteiger partial charge in [0, 0.05) is 36.1 Å². The van der Waals surface area contributed by atoms with Gasteiger partial charge in [-0.25, -0.2) is 9.97 Å². The summed E-state index contributed by atoms with van der Waals surface area (Å²) >= 11 is 0. The van der Waals surface area contributed by atoms with Crippen LogP contribution in [0, 0.1) is 11.3 Å². The Morgan fingerprint density at radius 3 is 2.75 bits per heavy atom. The van der Waals surface area contributed by atoms with Gasteiger partial charge < -0.3 is 10.3 Å². The molecule has 98 valence electrons. The second kappa shape index (κ2) is 5.11. The third kappa shape index (κ3) is 2.02. The molecule has 0 spiro atoms. The fraction of sp³-hybridized carbons (Fsp3) is 0.133. The van der Waals surface area contributed by atoms with Gasteiger partial charge in [0.1, 0.15) is 17.4 Å². The van der Waals surface area contributed by atoms with Crippen molar-refractivity contribution in [3.05, 3.63) is 59.7 Å². The summed E-state index contributed by atoms with van der Waals surface area (Å²) in [5, 5.41) is 10.2. The minimum absolute atomic E-state index is 0.444. The molecule has 0 aromatic carbocycles. The highest BCUT2D eigenvalue weighted by molar-refractivity contribution is 5.80. The van der Waals surface area contributed by atoms with Crippen LogP contribution in [0.2, 0.25) is 0 Å². The van der Waals surface area contributed by atoms with E-state index in [1.807, 2.05) is 35.0 Å². The molecule has 5 heteroatoms. The van der Waals surface area contributed by atoms with E-state index >= 15 is 0 Å². The van der Waals surface area contributed by atoms with Gasteiger partial charge >= 0.3 is 0 Å². The Kier molecular flexibility index (Phi) is 3.15. The highest BCUT2D eigenvalue weighted by Crippen LogP contribution is 2.20. The first-order chi connectivity index (χ1) is 9.83. The Hall–Kier alpha value is -2.71. The molecular formula is C15H13N5. The zero-order valence-electron chi connectivity index (χ0n) is 10.8. The molecule has 0 fully saturated rings. The molecular weight excluding hydrogens is 250 g/mol. The number of pyridine rings is 2. The third-order valence-corrected chi connectivity index (χ3v) is 3.27. The minimum atomic E-state index is 0.444. The van der Waals surface area contributed by atoms with Crippen LogP contribution in [-0.2, 0) is 13.1 Å². The molecule has 0 atom stereocenters. The van der Waals surface area contributed by atoms with E-state index in [-0.39, 0.29) is 0 Å². The summed E-state index contributed by atoms with van der Waals surface area (Å²) in [6, 6.07) is 9.76. The number of aromatic nitrogens is 3. The van der Waals surface area contributed by atoms with Gasteiger partial charge in [-0.15, -0.1) is 0 Å². The third-order valence-electron chi connectivity index (χ3n) is 3.27. The van der Waals surface area contributed by atoms with Crippen LogP contribution >= 0.6 is 0 Å². The van der Waals surface area contributed by atoms with Gasteiger partial charge in [-0.1, -0.05) is 6.07 Å². The fourth-order valence-electron chi connectivity index (χ4n) is 2.33. The maximum atomic E-state index is 9.10. The summed E-state index contributed by atoms with van der Waals surface area (Å²) in [5.74, 6) is 0. The van der Waals surface area contributed by atoms with Crippen LogP contribution in [0.25, 0.3) is 11.0 Å². The standard InChI is InChI=1S/C15H13N5/c16-7-12-10-20(15-13(12)4-2-6-19-15)9-11-3-1-5-18-14(11)8-17/h1-6,10H,7,9,16H2. The topological polar surface area (TPSA) is 80.5 Å². The predicted molar refractivity (Wildman–Crippen MR) is 75.7 cm³/mol. The van der Waals surface area contributed by atoms with Crippen molar-refractivity contribution in [3.8, 4) is 6.07 Å². The molecule has 0 amide bonds. The van der Waals surface area contributed by atoms with Crippen molar-refractivity contribution in [2.75, 3.05) is 0 Å². The molecule has 0 saturated heterocycles. The Morgan fingerprint density at radius 1 is 1.15 bits per heavy atom. The van der Waals surface area contributed by atoms with Crippen LogP contribution in [0.15, 0.2) is 42.9 Å². The number of rotatable bonds is 3. The maximum absolute atomic E-state index is 9.10. The molecule has 0 unspecified atom stereocenters. The smallest absolute Gasteiger partial charge is 0.145 e. The van der Waals surface area contributed by atoms with Crippen molar-refractivity contribution in [2.45, 2.75) is 13.1 Å². The van der Waals surface area contributed by atoms with Crippen molar-refractivity contribution in [1.29, 1.82) is 5.26 Å². The predicted octanol–water partition coefficient (Wildman–Crippen LogP) is 1.81. The molecule has 0 saturated carbocycles. The molecule has 3 aromatic rings. The first-order valence-corrected chi connectivity index (χ1v) is 6.30. The van der Waals surface area contributed by atoms with Crippen LogP contribution in [0.3, 0.4) is 0 Å². The lowest BCUT2D eigenvalue weighted by molar-refractivity contribution is 0.811. The Balaban J connectivity index is 2.10. The van der Waals surface area contributed by atoms with Gasteiger partial charge in [-0.3, -0.25) is 0 Å². The molecule has 0 radical (unpaired) electrons. The van der Waals surface area contributed by atoms with Crippen molar-refractivity contribution in [1.82, 2.24) is 14.5 Å². The van der Waals surface area contributed by atoms with Crippen LogP contribution in [-0.4, -0.2) is 14.5 Å². The normalized spacial score (nSPS) is 10.6. The highest BCUT2D eigenvalue weighted by Gasteiger charge is 2.10. The van der Waals surface area contributed by atoms with E-state index in [4.69, 9.17) is 11.0 Å². The quantitative estimate of drug-likeness (QED) is 0.781. The van der Waals surface area contributed by atoms with Gasteiger partial charge in [0.25, 0.3) is 0 Å². The number of nitriles is 1. The summed E-state index contributed by atoms with van der Waals surface area (Å²) in [6.45, 7) is 1.03. The van der Waals surface area contributed by atoms with Crippen molar-refractivity contribution >= 4 is 11.0 Å². The second-order valence-corrected chi connectivity index (χ2v) is 4.48. The van der Waals surface area contributed by atoms with Gasteiger partial charge in [-0.05, 0) is 23.8 Å². The molecule has 0 aliphatic carbocycles. The summed E-state index contributed by atoms with van der Waals surface area (Å²) in [4.78, 5) is 8.49. The number of nitrogens with two attached hydrogens (primary N) is 1. The Bertz CT molecular complexity index is 797. The Labute approximate surface area is 116 Å². The minimum Gasteiger partial charge on any atom is -0.328 e. The zero-order valence-corrected chi connectivity index (χ0v) is 10.8. The molecule has 3 rings (SSSR count). The first-order valence-electron chi connectivity index (χ1n) is 6.30. The Morgan fingerprint density at radius 2 is 1.95 bits per heavy atom. The van der Waals surface area contributed by atoms with E-state index in [1.165, 1.54) is 0 Å². The van der Waals surface area contributed by atoms with Gasteiger partial charge in [-0.2, -0.15) is 5.26 Å². The maximum Gasteiger partial charge on any atom is 0.145 e. The van der Waals surface area contributed by atoms with Gasteiger partial charge in [0.05, 0.1) is 6.54 Å². The van der Waals surface area contributed by atoms with Crippen molar-refractivity contribution in [2.24, 2.45) is 5.73 Å². The summed E-state index contributed by atoms with van der Waals surface area (Å²) in [5.41, 5.74) is 9.02. The fourth-order valence-corrected chi connectivity index (χ4v) is 2.33. The molecule has 5 nitrogen and oxygen atoms in total. The van der Waals surface area contributed by atoms with E-state index in [9.17, 15) is 0 Å². The second-order valence-electron chi connectivity index (χ2n) is 4.48. The molecule has 3 aromatic heterocycles. The lowest BCUT2D eigenvalue weighted by atomic mass is 10.2. The molecule has 2 N–H and O–H groups in total. The summed E-state index contributed by atoms with van der Waals surface area (Å²) < 4.78 is 2.01. The summed E-state index contributed by atoms with van der Waals surface area (Å²) in [7, 11) is 0. The highest BCUT2D eigenvalue weighted by atomic mass is 15.0. The molecule has 3 heterocycles. The van der Waals surface area contributed by atoms with E-state index in [2.05, 4.69) is 16.0 Å². The number of fused-ring (bicyclic) bond motifs is 1. The number of nitrogens with zero attached hydrogens (tertiary/aromatic N) is 4. The first kappa shape index (κ1) is 12.3. The van der Waals surface area contributed by atoms with Crippen LogP contribution in [0.1, 0.15) is 16.8 Å². The largest absolute Gasteiger partial charge is 0.328 e. The molecule has 20 heavy (non-hydrogen) atoms.